The van der Waals surface area contributed by atoms with Crippen molar-refractivity contribution in [3.63, 3.8) is 0 Å². The number of pyridine rings is 1. The molecule has 1 aromatic carbocycles. The van der Waals surface area contributed by atoms with Gasteiger partial charge in [-0.05, 0) is 37.3 Å². The zero-order valence-corrected chi connectivity index (χ0v) is 14.2. The van der Waals surface area contributed by atoms with E-state index in [0.717, 1.165) is 23.9 Å². The number of aryl methyl sites for hydroxylation is 1. The fourth-order valence-corrected chi connectivity index (χ4v) is 2.85. The minimum Gasteiger partial charge on any atom is -0.479 e. The summed E-state index contributed by atoms with van der Waals surface area (Å²) in [6.45, 7) is 1.77. The molecule has 1 N–H and O–H groups in total. The summed E-state index contributed by atoms with van der Waals surface area (Å²) in [6, 6.07) is 6.21. The highest BCUT2D eigenvalue weighted by atomic mass is 32.2. The van der Waals surface area contributed by atoms with Gasteiger partial charge in [0, 0.05) is 11.3 Å². The summed E-state index contributed by atoms with van der Waals surface area (Å²) in [4.78, 5) is 4.06. The van der Waals surface area contributed by atoms with Gasteiger partial charge in [-0.3, -0.25) is 4.98 Å². The van der Waals surface area contributed by atoms with Gasteiger partial charge in [0.25, 0.3) is 0 Å². The molecule has 2 aromatic rings. The summed E-state index contributed by atoms with van der Waals surface area (Å²) in [7, 11) is -3.83. The zero-order valence-electron chi connectivity index (χ0n) is 13.4. The Kier molecular flexibility index (Phi) is 6.44. The first-order valence-electron chi connectivity index (χ1n) is 7.28. The molecule has 0 unspecified atom stereocenters. The third-order valence-corrected chi connectivity index (χ3v) is 4.33. The molecule has 0 saturated heterocycles. The lowest BCUT2D eigenvalue weighted by molar-refractivity contribution is 0.368. The Hall–Kier alpha value is -2.50. The Morgan fingerprint density at radius 3 is 2.72 bits per heavy atom. The fourth-order valence-electron chi connectivity index (χ4n) is 1.83. The van der Waals surface area contributed by atoms with Crippen LogP contribution >= 0.6 is 0 Å². The number of benzene rings is 1. The van der Waals surface area contributed by atoms with Crippen molar-refractivity contribution >= 4 is 10.0 Å². The quantitative estimate of drug-likeness (QED) is 0.796. The molecular formula is C17H16F2N2O3S. The smallest absolute Gasteiger partial charge is 0.216 e. The van der Waals surface area contributed by atoms with Gasteiger partial charge in [-0.2, -0.15) is 0 Å². The molecule has 0 saturated carbocycles. The molecule has 0 aliphatic rings. The first kappa shape index (κ1) is 18.8. The predicted molar refractivity (Wildman–Crippen MR) is 89.2 cm³/mol. The van der Waals surface area contributed by atoms with E-state index in [1.807, 2.05) is 6.92 Å². The van der Waals surface area contributed by atoms with Crippen LogP contribution in [0.15, 0.2) is 36.5 Å². The largest absolute Gasteiger partial charge is 0.479 e. The van der Waals surface area contributed by atoms with Crippen LogP contribution in [0.2, 0.25) is 0 Å². The molecule has 0 aliphatic heterocycles. The van der Waals surface area contributed by atoms with Crippen LogP contribution in [-0.2, 0) is 15.8 Å². The molecule has 25 heavy (non-hydrogen) atoms. The lowest BCUT2D eigenvalue weighted by Crippen LogP contribution is -2.26. The Bertz CT molecular complexity index is 888. The molecular weight excluding hydrogens is 350 g/mol. The van der Waals surface area contributed by atoms with Crippen LogP contribution in [0.3, 0.4) is 0 Å². The lowest BCUT2D eigenvalue weighted by Gasteiger charge is -2.05. The molecule has 1 heterocycles. The summed E-state index contributed by atoms with van der Waals surface area (Å²) >= 11 is 0. The summed E-state index contributed by atoms with van der Waals surface area (Å²) in [6.07, 6.45) is 1.56. The summed E-state index contributed by atoms with van der Waals surface area (Å²) in [5.41, 5.74) is 0.623. The van der Waals surface area contributed by atoms with Crippen molar-refractivity contribution in [1.29, 1.82) is 0 Å². The van der Waals surface area contributed by atoms with Crippen molar-refractivity contribution in [3.8, 4) is 17.6 Å². The Morgan fingerprint density at radius 2 is 2.00 bits per heavy atom. The first-order chi connectivity index (χ1) is 11.9. The molecule has 5 nitrogen and oxygen atoms in total. The maximum atomic E-state index is 13.5. The number of hydrogen-bond acceptors (Lipinski definition) is 4. The molecule has 2 rings (SSSR count). The fraction of sp³-hybridized carbons (Fsp3) is 0.235. The average Bonchev–Trinajstić information content (AvgIpc) is 2.55. The average molecular weight is 366 g/mol. The van der Waals surface area contributed by atoms with Gasteiger partial charge in [0.05, 0.1) is 18.5 Å². The highest BCUT2D eigenvalue weighted by Gasteiger charge is 2.14. The second-order valence-electron chi connectivity index (χ2n) is 5.09. The molecule has 0 atom stereocenters. The monoisotopic (exact) mass is 366 g/mol. The SMILES string of the molecule is Cc1ccc(OCC#CCNS(=O)(=O)Cc2cc(F)ccc2F)cn1. The van der Waals surface area contributed by atoms with Crippen LogP contribution in [0.1, 0.15) is 11.3 Å². The number of aromatic nitrogens is 1. The lowest BCUT2D eigenvalue weighted by atomic mass is 10.2. The normalized spacial score (nSPS) is 10.8. The number of nitrogens with zero attached hydrogens (tertiary/aromatic N) is 1. The molecule has 0 amide bonds. The van der Waals surface area contributed by atoms with Gasteiger partial charge in [0.1, 0.15) is 24.0 Å². The standard InChI is InChI=1S/C17H16F2N2O3S/c1-13-4-6-16(11-20-13)24-9-3-2-8-21-25(22,23)12-14-10-15(18)5-7-17(14)19/h4-7,10-11,21H,8-9,12H2,1H3. The number of halogens is 2. The van der Waals surface area contributed by atoms with Crippen LogP contribution in [0.25, 0.3) is 0 Å². The number of ether oxygens (including phenoxy) is 1. The van der Waals surface area contributed by atoms with Crippen LogP contribution in [0, 0.1) is 30.4 Å². The first-order valence-corrected chi connectivity index (χ1v) is 8.93. The number of nitrogens with one attached hydrogen (secondary N) is 1. The van der Waals surface area contributed by atoms with Crippen LogP contribution in [-0.4, -0.2) is 26.6 Å². The van der Waals surface area contributed by atoms with Crippen molar-refractivity contribution in [3.05, 3.63) is 59.4 Å². The molecule has 1 aromatic heterocycles. The predicted octanol–water partition coefficient (Wildman–Crippen LogP) is 2.17. The summed E-state index contributed by atoms with van der Waals surface area (Å²) in [5, 5.41) is 0. The van der Waals surface area contributed by atoms with Gasteiger partial charge in [0.2, 0.25) is 10.0 Å². The summed E-state index contributed by atoms with van der Waals surface area (Å²) < 4.78 is 57.7. The molecule has 0 fully saturated rings. The third-order valence-electron chi connectivity index (χ3n) is 3.05. The highest BCUT2D eigenvalue weighted by Crippen LogP contribution is 2.12. The second kappa shape index (κ2) is 8.55. The van der Waals surface area contributed by atoms with Gasteiger partial charge in [0.15, 0.2) is 0 Å². The van der Waals surface area contributed by atoms with Crippen LogP contribution in [0.4, 0.5) is 8.78 Å². The van der Waals surface area contributed by atoms with E-state index in [-0.39, 0.29) is 18.7 Å². The van der Waals surface area contributed by atoms with E-state index in [9.17, 15) is 17.2 Å². The van der Waals surface area contributed by atoms with Crippen molar-refractivity contribution in [2.75, 3.05) is 13.2 Å². The van der Waals surface area contributed by atoms with E-state index in [2.05, 4.69) is 21.5 Å². The molecule has 0 aliphatic carbocycles. The minimum atomic E-state index is -3.83. The molecule has 0 spiro atoms. The maximum Gasteiger partial charge on any atom is 0.216 e. The van der Waals surface area contributed by atoms with Gasteiger partial charge in [-0.25, -0.2) is 21.9 Å². The van der Waals surface area contributed by atoms with Crippen molar-refractivity contribution < 1.29 is 21.9 Å². The van der Waals surface area contributed by atoms with Crippen molar-refractivity contribution in [1.82, 2.24) is 9.71 Å². The van der Waals surface area contributed by atoms with E-state index in [1.165, 1.54) is 0 Å². The molecule has 0 bridgehead atoms. The van der Waals surface area contributed by atoms with Crippen molar-refractivity contribution in [2.24, 2.45) is 0 Å². The minimum absolute atomic E-state index is 0.0744. The van der Waals surface area contributed by atoms with Gasteiger partial charge >= 0.3 is 0 Å². The second-order valence-corrected chi connectivity index (χ2v) is 6.90. The maximum absolute atomic E-state index is 13.5. The van der Waals surface area contributed by atoms with Crippen molar-refractivity contribution in [2.45, 2.75) is 12.7 Å². The van der Waals surface area contributed by atoms with Gasteiger partial charge in [-0.15, -0.1) is 0 Å². The molecule has 8 heteroatoms. The number of sulfonamides is 1. The zero-order chi connectivity index (χ0) is 18.3. The van der Waals surface area contributed by atoms with E-state index >= 15 is 0 Å². The van der Waals surface area contributed by atoms with E-state index in [1.54, 1.807) is 18.3 Å². The number of hydrogen-bond donors (Lipinski definition) is 1. The van der Waals surface area contributed by atoms with Crippen LogP contribution < -0.4 is 9.46 Å². The Labute approximate surface area is 145 Å². The van der Waals surface area contributed by atoms with E-state index in [0.29, 0.717) is 5.75 Å². The van der Waals surface area contributed by atoms with Crippen LogP contribution in [0.5, 0.6) is 5.75 Å². The van der Waals surface area contributed by atoms with Gasteiger partial charge in [-0.1, -0.05) is 11.8 Å². The molecule has 0 radical (unpaired) electrons. The highest BCUT2D eigenvalue weighted by molar-refractivity contribution is 7.88. The topological polar surface area (TPSA) is 68.3 Å². The molecule has 132 valence electrons. The Balaban J connectivity index is 1.80. The van der Waals surface area contributed by atoms with Gasteiger partial charge < -0.3 is 4.74 Å². The van der Waals surface area contributed by atoms with E-state index < -0.39 is 27.4 Å². The Morgan fingerprint density at radius 1 is 1.20 bits per heavy atom. The number of rotatable bonds is 6. The van der Waals surface area contributed by atoms with E-state index in [4.69, 9.17) is 4.74 Å². The summed E-state index contributed by atoms with van der Waals surface area (Å²) in [5.74, 6) is 3.64. The third kappa shape index (κ3) is 6.49.